The first-order valence-corrected chi connectivity index (χ1v) is 14.9. The van der Waals surface area contributed by atoms with Gasteiger partial charge in [0.2, 0.25) is 11.8 Å². The molecule has 46 heavy (non-hydrogen) atoms. The van der Waals surface area contributed by atoms with Gasteiger partial charge in [-0.15, -0.1) is 6.67 Å². The van der Waals surface area contributed by atoms with Crippen LogP contribution in [-0.4, -0.2) is 45.7 Å². The molecule has 4 heterocycles. The third-order valence-corrected chi connectivity index (χ3v) is 7.57. The molecule has 0 unspecified atom stereocenters. The topological polar surface area (TPSA) is 72.9 Å². The third-order valence-electron chi connectivity index (χ3n) is 7.57. The minimum absolute atomic E-state index is 0. The Kier molecular flexibility index (Phi) is 10.7. The first-order valence-electron chi connectivity index (χ1n) is 14.9. The fraction of sp³-hybridized carbons (Fsp3) is 0.162. The number of fused-ring (bicyclic) bond motifs is 5. The van der Waals surface area contributed by atoms with Crippen molar-refractivity contribution in [1.29, 1.82) is 0 Å². The number of para-hydroxylation sites is 2. The predicted molar refractivity (Wildman–Crippen MR) is 176 cm³/mol. The number of amides is 2. The number of rotatable bonds is 2. The number of hydrogen-bond acceptors (Lipinski definition) is 6. The van der Waals surface area contributed by atoms with Crippen molar-refractivity contribution in [2.45, 2.75) is 26.2 Å². The molecule has 9 heteroatoms. The number of anilines is 2. The van der Waals surface area contributed by atoms with Crippen LogP contribution in [0.15, 0.2) is 121 Å². The molecule has 0 N–H and O–H groups in total. The average Bonchev–Trinajstić information content (AvgIpc) is 3.45. The van der Waals surface area contributed by atoms with E-state index in [9.17, 15) is 9.59 Å². The number of carbonyl (C=O) groups is 2. The zero-order valence-electron chi connectivity index (χ0n) is 25.8. The van der Waals surface area contributed by atoms with Crippen LogP contribution in [0.25, 0.3) is 0 Å². The summed E-state index contributed by atoms with van der Waals surface area (Å²) in [4.78, 5) is 42.8. The van der Waals surface area contributed by atoms with Crippen molar-refractivity contribution in [3.8, 4) is 0 Å². The molecule has 0 spiro atoms. The molecule has 2 aromatic heterocycles. The molecule has 0 saturated heterocycles. The fourth-order valence-corrected chi connectivity index (χ4v) is 5.50. The quantitative estimate of drug-likeness (QED) is 0.167. The first kappa shape index (κ1) is 32.7. The van der Waals surface area contributed by atoms with Crippen molar-refractivity contribution in [3.05, 3.63) is 162 Å². The summed E-state index contributed by atoms with van der Waals surface area (Å²) in [6, 6.07) is 38.0. The second kappa shape index (κ2) is 15.1. The molecule has 235 valence electrons. The van der Waals surface area contributed by atoms with E-state index in [1.807, 2.05) is 60.7 Å². The first-order chi connectivity index (χ1) is 21.9. The van der Waals surface area contributed by atoms with Crippen molar-refractivity contribution in [2.75, 3.05) is 23.9 Å². The van der Waals surface area contributed by atoms with E-state index in [0.717, 1.165) is 49.0 Å². The minimum atomic E-state index is -0.170. The van der Waals surface area contributed by atoms with Gasteiger partial charge in [-0.2, -0.15) is 0 Å². The van der Waals surface area contributed by atoms with Gasteiger partial charge in [0.05, 0.1) is 22.8 Å². The van der Waals surface area contributed by atoms with Crippen LogP contribution in [0.1, 0.15) is 43.5 Å². The number of aromatic nitrogens is 2. The van der Waals surface area contributed by atoms with E-state index in [-0.39, 0.29) is 28.9 Å². The van der Waals surface area contributed by atoms with E-state index in [1.165, 1.54) is 9.80 Å². The molecule has 0 aliphatic carbocycles. The van der Waals surface area contributed by atoms with Crippen LogP contribution < -0.4 is 9.80 Å². The molecule has 0 atom stereocenters. The Hall–Kier alpha value is -4.66. The molecule has 2 amide bonds. The smallest absolute Gasteiger partial charge is 0.439 e. The molecule has 3 aromatic carbocycles. The van der Waals surface area contributed by atoms with Crippen LogP contribution in [0.4, 0.5) is 11.4 Å². The average molecular weight is 659 g/mol. The standard InChI is InChI=1S/C21H15N2O2.C16H20N4.Cu/c24-20(16-9-3-1-4-10-16)22-15-23(19-14-8-7-13-18(19)22)21(25)17-11-5-2-6-12-17;1-19-9-13-5-3-7-15(17-13)11-20(2)12-16-8-4-6-14(10-19)18-16;/h1-15H;3-8H,9-12H2,1-2H3;/q-1;;+2. The molecule has 0 saturated carbocycles. The van der Waals surface area contributed by atoms with Crippen LogP contribution in [0.5, 0.6) is 0 Å². The summed E-state index contributed by atoms with van der Waals surface area (Å²) < 4.78 is 0. The monoisotopic (exact) mass is 658 g/mol. The van der Waals surface area contributed by atoms with Gasteiger partial charge in [-0.1, -0.05) is 60.7 Å². The summed E-state index contributed by atoms with van der Waals surface area (Å²) in [5.41, 5.74) is 7.02. The van der Waals surface area contributed by atoms with Gasteiger partial charge in [0.15, 0.2) is 0 Å². The van der Waals surface area contributed by atoms with Crippen molar-refractivity contribution in [1.82, 2.24) is 19.8 Å². The second-order valence-electron chi connectivity index (χ2n) is 11.3. The van der Waals surface area contributed by atoms with Crippen molar-refractivity contribution < 1.29 is 26.7 Å². The molecule has 4 bridgehead atoms. The number of pyridine rings is 2. The normalized spacial score (nSPS) is 14.5. The molecule has 8 nitrogen and oxygen atoms in total. The van der Waals surface area contributed by atoms with E-state index in [0.29, 0.717) is 22.5 Å². The number of carbonyl (C=O) groups excluding carboxylic acids is 2. The predicted octanol–water partition coefficient (Wildman–Crippen LogP) is 6.16. The minimum Gasteiger partial charge on any atom is -0.439 e. The third kappa shape index (κ3) is 7.76. The van der Waals surface area contributed by atoms with E-state index in [2.05, 4.69) is 60.3 Å². The molecule has 2 aliphatic rings. The maximum Gasteiger partial charge on any atom is 2.00 e. The maximum atomic E-state index is 12.9. The molecule has 2 aliphatic heterocycles. The SMILES string of the molecule is CN1Cc2cccc(n2)CN(C)Cc2cccc(n2)C1.O=C(c1ccccc1)N1[CH-]N(C(=O)c2ccccc2)c2ccccc21.[Cu+2]. The number of hydrogen-bond donors (Lipinski definition) is 0. The largest absolute Gasteiger partial charge is 2.00 e. The van der Waals surface area contributed by atoms with E-state index < -0.39 is 0 Å². The molecule has 0 fully saturated rings. The summed E-state index contributed by atoms with van der Waals surface area (Å²) in [5.74, 6) is -0.340. The van der Waals surface area contributed by atoms with E-state index in [4.69, 9.17) is 9.97 Å². The molecule has 5 aromatic rings. The van der Waals surface area contributed by atoms with Gasteiger partial charge < -0.3 is 9.80 Å². The zero-order valence-corrected chi connectivity index (χ0v) is 26.7. The Balaban J connectivity index is 0.000000182. The van der Waals surface area contributed by atoms with Crippen molar-refractivity contribution in [3.63, 3.8) is 0 Å². The summed E-state index contributed by atoms with van der Waals surface area (Å²) in [5, 5.41) is 0. The fourth-order valence-electron chi connectivity index (χ4n) is 5.50. The zero-order chi connectivity index (χ0) is 31.2. The van der Waals surface area contributed by atoms with Crippen molar-refractivity contribution >= 4 is 23.2 Å². The van der Waals surface area contributed by atoms with E-state index in [1.54, 1.807) is 30.9 Å². The van der Waals surface area contributed by atoms with Crippen LogP contribution in [0.2, 0.25) is 0 Å². The number of benzene rings is 3. The molecule has 1 radical (unpaired) electrons. The van der Waals surface area contributed by atoms with Gasteiger partial charge >= 0.3 is 17.1 Å². The molecular weight excluding hydrogens is 624 g/mol. The Morgan fingerprint density at radius 3 is 1.17 bits per heavy atom. The Labute approximate surface area is 280 Å². The Morgan fingerprint density at radius 2 is 0.826 bits per heavy atom. The van der Waals surface area contributed by atoms with Gasteiger partial charge in [-0.05, 0) is 74.8 Å². The Morgan fingerprint density at radius 1 is 0.500 bits per heavy atom. The molecule has 7 rings (SSSR count). The molecular formula is C37H35CuN6O2+. The summed E-state index contributed by atoms with van der Waals surface area (Å²) in [6.45, 7) is 4.97. The summed E-state index contributed by atoms with van der Waals surface area (Å²) >= 11 is 0. The summed E-state index contributed by atoms with van der Waals surface area (Å²) in [6.07, 6.45) is 0. The van der Waals surface area contributed by atoms with Crippen LogP contribution in [0.3, 0.4) is 0 Å². The van der Waals surface area contributed by atoms with Gasteiger partial charge in [0, 0.05) is 48.7 Å². The Bertz CT molecular complexity index is 1610. The number of nitrogens with zero attached hydrogens (tertiary/aromatic N) is 6. The van der Waals surface area contributed by atoms with Crippen LogP contribution in [0, 0.1) is 6.67 Å². The maximum absolute atomic E-state index is 12.9. The van der Waals surface area contributed by atoms with Crippen LogP contribution >= 0.6 is 0 Å². The van der Waals surface area contributed by atoms with Crippen LogP contribution in [-0.2, 0) is 43.2 Å². The van der Waals surface area contributed by atoms with Crippen molar-refractivity contribution in [2.24, 2.45) is 0 Å². The summed E-state index contributed by atoms with van der Waals surface area (Å²) in [7, 11) is 4.22. The van der Waals surface area contributed by atoms with Gasteiger partial charge in [-0.3, -0.25) is 29.4 Å². The van der Waals surface area contributed by atoms with Gasteiger partial charge in [0.25, 0.3) is 0 Å². The van der Waals surface area contributed by atoms with Gasteiger partial charge in [0.1, 0.15) is 0 Å². The van der Waals surface area contributed by atoms with E-state index >= 15 is 0 Å². The van der Waals surface area contributed by atoms with Gasteiger partial charge in [-0.25, -0.2) is 0 Å². The second-order valence-corrected chi connectivity index (χ2v) is 11.3.